The highest BCUT2D eigenvalue weighted by molar-refractivity contribution is 7.09. The normalized spacial score (nSPS) is 11.8. The second kappa shape index (κ2) is 7.27. The summed E-state index contributed by atoms with van der Waals surface area (Å²) < 4.78 is 0. The van der Waals surface area contributed by atoms with Gasteiger partial charge < -0.3 is 10.6 Å². The zero-order valence-electron chi connectivity index (χ0n) is 13.6. The van der Waals surface area contributed by atoms with Crippen molar-refractivity contribution in [1.29, 1.82) is 0 Å². The van der Waals surface area contributed by atoms with Crippen molar-refractivity contribution in [2.75, 3.05) is 10.6 Å². The molecule has 1 aromatic heterocycles. The third-order valence-corrected chi connectivity index (χ3v) is 4.39. The van der Waals surface area contributed by atoms with Gasteiger partial charge in [0.05, 0.1) is 10.7 Å². The molecule has 0 aliphatic heterocycles. The van der Waals surface area contributed by atoms with Crippen molar-refractivity contribution < 1.29 is 4.79 Å². The van der Waals surface area contributed by atoms with E-state index in [2.05, 4.69) is 15.6 Å². The second-order valence-corrected chi connectivity index (χ2v) is 6.61. The molecule has 1 atom stereocenters. The third kappa shape index (κ3) is 4.00. The van der Waals surface area contributed by atoms with Gasteiger partial charge in [-0.2, -0.15) is 0 Å². The molecule has 3 aromatic rings. The number of aromatic nitrogens is 1. The molecule has 0 aliphatic rings. The smallest absolute Gasteiger partial charge is 0.246 e. The van der Waals surface area contributed by atoms with Gasteiger partial charge in [0.15, 0.2) is 0 Å². The lowest BCUT2D eigenvalue weighted by molar-refractivity contribution is -0.116. The first kappa shape index (κ1) is 16.2. The van der Waals surface area contributed by atoms with Crippen molar-refractivity contribution in [2.45, 2.75) is 19.9 Å². The third-order valence-electron chi connectivity index (χ3n) is 3.62. The molecule has 0 aliphatic carbocycles. The average Bonchev–Trinajstić information content (AvgIpc) is 3.03. The summed E-state index contributed by atoms with van der Waals surface area (Å²) in [5.74, 6) is -0.0691. The molecule has 3 rings (SSSR count). The van der Waals surface area contributed by atoms with E-state index in [4.69, 9.17) is 0 Å². The molecular formula is C19H19N3OS. The van der Waals surface area contributed by atoms with Crippen LogP contribution in [-0.2, 0) is 4.79 Å². The molecule has 0 spiro atoms. The molecule has 2 aromatic carbocycles. The van der Waals surface area contributed by atoms with Crippen LogP contribution in [0.4, 0.5) is 11.4 Å². The second-order valence-electron chi connectivity index (χ2n) is 5.55. The van der Waals surface area contributed by atoms with Crippen LogP contribution in [0.1, 0.15) is 11.9 Å². The maximum Gasteiger partial charge on any atom is 0.246 e. The molecule has 0 radical (unpaired) electrons. The van der Waals surface area contributed by atoms with E-state index in [9.17, 15) is 4.79 Å². The van der Waals surface area contributed by atoms with Gasteiger partial charge in [-0.25, -0.2) is 4.98 Å². The average molecular weight is 337 g/mol. The number of para-hydroxylation sites is 1. The SMILES string of the molecule is Cc1nc(-c2ccc(N[C@@H](C)C(=O)Nc3ccccc3)cc2)cs1. The topological polar surface area (TPSA) is 54.0 Å². The lowest BCUT2D eigenvalue weighted by Gasteiger charge is -2.15. The van der Waals surface area contributed by atoms with Crippen LogP contribution < -0.4 is 10.6 Å². The Bertz CT molecular complexity index is 812. The van der Waals surface area contributed by atoms with Crippen LogP contribution in [0.25, 0.3) is 11.3 Å². The zero-order valence-corrected chi connectivity index (χ0v) is 14.4. The number of hydrogen-bond acceptors (Lipinski definition) is 4. The van der Waals surface area contributed by atoms with Gasteiger partial charge in [-0.15, -0.1) is 11.3 Å². The number of carbonyl (C=O) groups excluding carboxylic acids is 1. The van der Waals surface area contributed by atoms with E-state index in [1.54, 1.807) is 11.3 Å². The molecule has 1 amide bonds. The minimum absolute atomic E-state index is 0.0691. The number of thiazole rings is 1. The lowest BCUT2D eigenvalue weighted by Crippen LogP contribution is -2.31. The Morgan fingerprint density at radius 3 is 2.38 bits per heavy atom. The van der Waals surface area contributed by atoms with Gasteiger partial charge in [0.2, 0.25) is 5.91 Å². The quantitative estimate of drug-likeness (QED) is 0.718. The van der Waals surface area contributed by atoms with Crippen LogP contribution >= 0.6 is 11.3 Å². The number of carbonyl (C=O) groups is 1. The van der Waals surface area contributed by atoms with Crippen LogP contribution in [0, 0.1) is 6.92 Å². The molecule has 122 valence electrons. The summed E-state index contributed by atoms with van der Waals surface area (Å²) in [7, 11) is 0. The molecular weight excluding hydrogens is 318 g/mol. The highest BCUT2D eigenvalue weighted by atomic mass is 32.1. The van der Waals surface area contributed by atoms with Gasteiger partial charge in [0.1, 0.15) is 6.04 Å². The summed E-state index contributed by atoms with van der Waals surface area (Å²) in [5, 5.41) is 9.21. The summed E-state index contributed by atoms with van der Waals surface area (Å²) in [5.41, 5.74) is 3.76. The fourth-order valence-corrected chi connectivity index (χ4v) is 2.94. The number of nitrogens with zero attached hydrogens (tertiary/aromatic N) is 1. The first-order chi connectivity index (χ1) is 11.6. The van der Waals surface area contributed by atoms with E-state index in [0.29, 0.717) is 0 Å². The van der Waals surface area contributed by atoms with Crippen LogP contribution in [-0.4, -0.2) is 16.9 Å². The maximum atomic E-state index is 12.2. The van der Waals surface area contributed by atoms with Gasteiger partial charge in [-0.1, -0.05) is 30.3 Å². The first-order valence-corrected chi connectivity index (χ1v) is 8.65. The highest BCUT2D eigenvalue weighted by Gasteiger charge is 2.12. The standard InChI is InChI=1S/C19H19N3OS/c1-13(19(23)22-16-6-4-3-5-7-16)20-17-10-8-15(9-11-17)18-12-24-14(2)21-18/h3-13,20H,1-2H3,(H,22,23)/t13-/m0/s1. The molecule has 0 bridgehead atoms. The van der Waals surface area contributed by atoms with Crippen molar-refractivity contribution in [3.63, 3.8) is 0 Å². The van der Waals surface area contributed by atoms with Gasteiger partial charge in [-0.05, 0) is 38.1 Å². The maximum absolute atomic E-state index is 12.2. The summed E-state index contributed by atoms with van der Waals surface area (Å²) >= 11 is 1.64. The largest absolute Gasteiger partial charge is 0.374 e. The summed E-state index contributed by atoms with van der Waals surface area (Å²) in [4.78, 5) is 16.7. The minimum atomic E-state index is -0.336. The first-order valence-electron chi connectivity index (χ1n) is 7.77. The van der Waals surface area contributed by atoms with E-state index >= 15 is 0 Å². The molecule has 0 saturated heterocycles. The number of amides is 1. The molecule has 4 nitrogen and oxygen atoms in total. The van der Waals surface area contributed by atoms with Gasteiger partial charge in [0, 0.05) is 22.3 Å². The lowest BCUT2D eigenvalue weighted by atomic mass is 10.1. The van der Waals surface area contributed by atoms with Crippen LogP contribution in [0.15, 0.2) is 60.0 Å². The minimum Gasteiger partial charge on any atom is -0.374 e. The Hall–Kier alpha value is -2.66. The van der Waals surface area contributed by atoms with Crippen LogP contribution in [0.3, 0.4) is 0 Å². The highest BCUT2D eigenvalue weighted by Crippen LogP contribution is 2.23. The Morgan fingerprint density at radius 2 is 1.75 bits per heavy atom. The van der Waals surface area contributed by atoms with Crippen molar-refractivity contribution in [1.82, 2.24) is 4.98 Å². The van der Waals surface area contributed by atoms with E-state index in [0.717, 1.165) is 27.6 Å². The number of benzene rings is 2. The van der Waals surface area contributed by atoms with Crippen LogP contribution in [0.2, 0.25) is 0 Å². The molecule has 24 heavy (non-hydrogen) atoms. The molecule has 0 fully saturated rings. The Kier molecular flexibility index (Phi) is 4.91. The fraction of sp³-hybridized carbons (Fsp3) is 0.158. The summed E-state index contributed by atoms with van der Waals surface area (Å²) in [6, 6.07) is 17.1. The summed E-state index contributed by atoms with van der Waals surface area (Å²) in [6.07, 6.45) is 0. The van der Waals surface area contributed by atoms with Crippen molar-refractivity contribution in [2.24, 2.45) is 0 Å². The van der Waals surface area contributed by atoms with E-state index < -0.39 is 0 Å². The predicted octanol–water partition coefficient (Wildman–Crippen LogP) is 4.56. The number of hydrogen-bond donors (Lipinski definition) is 2. The van der Waals surface area contributed by atoms with Gasteiger partial charge in [0.25, 0.3) is 0 Å². The Balaban J connectivity index is 1.62. The van der Waals surface area contributed by atoms with Crippen molar-refractivity contribution in [3.05, 3.63) is 65.0 Å². The fourth-order valence-electron chi connectivity index (χ4n) is 2.32. The molecule has 1 heterocycles. The molecule has 0 saturated carbocycles. The Morgan fingerprint density at radius 1 is 1.04 bits per heavy atom. The van der Waals surface area contributed by atoms with Crippen molar-refractivity contribution in [3.8, 4) is 11.3 Å². The number of anilines is 2. The van der Waals surface area contributed by atoms with E-state index in [-0.39, 0.29) is 11.9 Å². The zero-order chi connectivity index (χ0) is 16.9. The predicted molar refractivity (Wildman–Crippen MR) is 100 cm³/mol. The number of aryl methyl sites for hydroxylation is 1. The summed E-state index contributed by atoms with van der Waals surface area (Å²) in [6.45, 7) is 3.84. The molecule has 5 heteroatoms. The van der Waals surface area contributed by atoms with Gasteiger partial charge in [-0.3, -0.25) is 4.79 Å². The molecule has 0 unspecified atom stereocenters. The van der Waals surface area contributed by atoms with Crippen molar-refractivity contribution >= 4 is 28.6 Å². The van der Waals surface area contributed by atoms with E-state index in [1.807, 2.05) is 73.8 Å². The van der Waals surface area contributed by atoms with E-state index in [1.165, 1.54) is 0 Å². The van der Waals surface area contributed by atoms with Crippen LogP contribution in [0.5, 0.6) is 0 Å². The monoisotopic (exact) mass is 337 g/mol. The molecule has 2 N–H and O–H groups in total. The van der Waals surface area contributed by atoms with Gasteiger partial charge >= 0.3 is 0 Å². The number of nitrogens with one attached hydrogen (secondary N) is 2. The number of rotatable bonds is 5. The Labute approximate surface area is 145 Å².